The zero-order valence-electron chi connectivity index (χ0n) is 12.6. The number of ether oxygens (including phenoxy) is 1. The molecule has 1 atom stereocenters. The highest BCUT2D eigenvalue weighted by atomic mass is 16.5. The number of anilines is 1. The highest BCUT2D eigenvalue weighted by Gasteiger charge is 2.21. The molecule has 1 aromatic rings. The molecule has 2 rings (SSSR count). The molecule has 5 nitrogen and oxygen atoms in total. The van der Waals surface area contributed by atoms with E-state index in [9.17, 15) is 0 Å². The molecule has 0 saturated carbocycles. The third kappa shape index (κ3) is 3.28. The van der Waals surface area contributed by atoms with Crippen molar-refractivity contribution >= 4 is 5.82 Å². The number of nitrogens with zero attached hydrogens (tertiary/aromatic N) is 3. The second kappa shape index (κ2) is 6.39. The van der Waals surface area contributed by atoms with Crippen molar-refractivity contribution in [3.05, 3.63) is 11.3 Å². The highest BCUT2D eigenvalue weighted by Crippen LogP contribution is 2.24. The molecule has 2 heterocycles. The molecule has 19 heavy (non-hydrogen) atoms. The maximum absolute atomic E-state index is 5.57. The molecule has 1 unspecified atom stereocenters. The largest absolute Gasteiger partial charge is 0.381 e. The molecule has 5 heteroatoms. The number of rotatable bonds is 5. The fourth-order valence-electron chi connectivity index (χ4n) is 2.98. The molecule has 1 fully saturated rings. The number of aromatic nitrogens is 2. The molecule has 0 spiro atoms. The van der Waals surface area contributed by atoms with Gasteiger partial charge in [-0.1, -0.05) is 0 Å². The van der Waals surface area contributed by atoms with E-state index in [-0.39, 0.29) is 0 Å². The minimum atomic E-state index is 0.636. The van der Waals surface area contributed by atoms with Crippen LogP contribution >= 0.6 is 0 Å². The van der Waals surface area contributed by atoms with Crippen molar-refractivity contribution in [1.29, 1.82) is 0 Å². The molecule has 0 aromatic carbocycles. The van der Waals surface area contributed by atoms with E-state index in [1.54, 1.807) is 0 Å². The van der Waals surface area contributed by atoms with Crippen LogP contribution < -0.4 is 10.2 Å². The summed E-state index contributed by atoms with van der Waals surface area (Å²) in [6.45, 7) is 5.79. The predicted octanol–water partition coefficient (Wildman–Crippen LogP) is 1.31. The number of nitrogens with one attached hydrogen (secondary N) is 1. The normalized spacial score (nSPS) is 19.7. The molecule has 1 N–H and O–H groups in total. The lowest BCUT2D eigenvalue weighted by Crippen LogP contribution is -2.32. The van der Waals surface area contributed by atoms with E-state index in [4.69, 9.17) is 4.74 Å². The van der Waals surface area contributed by atoms with Gasteiger partial charge in [-0.2, -0.15) is 5.10 Å². The molecular weight excluding hydrogens is 240 g/mol. The first kappa shape index (κ1) is 14.3. The molecule has 1 aliphatic rings. The van der Waals surface area contributed by atoms with Gasteiger partial charge < -0.3 is 15.0 Å². The van der Waals surface area contributed by atoms with Gasteiger partial charge in [0.1, 0.15) is 5.82 Å². The van der Waals surface area contributed by atoms with Gasteiger partial charge in [-0.15, -0.1) is 0 Å². The first-order chi connectivity index (χ1) is 9.13. The van der Waals surface area contributed by atoms with E-state index < -0.39 is 0 Å². The minimum absolute atomic E-state index is 0.636. The Morgan fingerprint density at radius 2 is 2.32 bits per heavy atom. The lowest BCUT2D eigenvalue weighted by molar-refractivity contribution is 0.0575. The van der Waals surface area contributed by atoms with Crippen LogP contribution in [0.4, 0.5) is 5.82 Å². The summed E-state index contributed by atoms with van der Waals surface area (Å²) in [4.78, 5) is 2.33. The fraction of sp³-hybridized carbons (Fsp3) is 0.786. The van der Waals surface area contributed by atoms with Gasteiger partial charge in [0, 0.05) is 39.4 Å². The standard InChI is InChI=1S/C14H26N4O/c1-11-13(8-15-2)14(18(4)16-11)17(3)9-12-6-5-7-19-10-12/h12,15H,5-10H2,1-4H3. The maximum atomic E-state index is 5.57. The Morgan fingerprint density at radius 1 is 1.53 bits per heavy atom. The first-order valence-corrected chi connectivity index (χ1v) is 7.09. The lowest BCUT2D eigenvalue weighted by atomic mass is 10.0. The van der Waals surface area contributed by atoms with Crippen LogP contribution in [0.2, 0.25) is 0 Å². The SMILES string of the molecule is CNCc1c(C)nn(C)c1N(C)CC1CCCOC1. The Morgan fingerprint density at radius 3 is 2.95 bits per heavy atom. The van der Waals surface area contributed by atoms with E-state index in [1.807, 2.05) is 18.8 Å². The predicted molar refractivity (Wildman–Crippen MR) is 77.5 cm³/mol. The summed E-state index contributed by atoms with van der Waals surface area (Å²) in [5.41, 5.74) is 2.41. The van der Waals surface area contributed by atoms with E-state index in [0.29, 0.717) is 5.92 Å². The van der Waals surface area contributed by atoms with Gasteiger partial charge in [-0.3, -0.25) is 4.68 Å². The Hall–Kier alpha value is -1.07. The summed E-state index contributed by atoms with van der Waals surface area (Å²) < 4.78 is 7.56. The minimum Gasteiger partial charge on any atom is -0.381 e. The molecule has 0 aliphatic carbocycles. The van der Waals surface area contributed by atoms with Crippen molar-refractivity contribution < 1.29 is 4.74 Å². The third-order valence-corrected chi connectivity index (χ3v) is 3.81. The number of hydrogen-bond acceptors (Lipinski definition) is 4. The van der Waals surface area contributed by atoms with Crippen LogP contribution in [0.3, 0.4) is 0 Å². The Balaban J connectivity index is 2.10. The summed E-state index contributed by atoms with van der Waals surface area (Å²) in [6.07, 6.45) is 2.45. The van der Waals surface area contributed by atoms with Gasteiger partial charge in [-0.25, -0.2) is 0 Å². The fourth-order valence-corrected chi connectivity index (χ4v) is 2.98. The van der Waals surface area contributed by atoms with E-state index in [0.717, 1.165) is 32.0 Å². The van der Waals surface area contributed by atoms with Crippen LogP contribution in [-0.2, 0) is 18.3 Å². The molecular formula is C14H26N4O. The molecule has 108 valence electrons. The molecule has 0 radical (unpaired) electrons. The zero-order chi connectivity index (χ0) is 13.8. The van der Waals surface area contributed by atoms with Gasteiger partial charge >= 0.3 is 0 Å². The van der Waals surface area contributed by atoms with Crippen LogP contribution in [-0.4, -0.2) is 43.6 Å². The van der Waals surface area contributed by atoms with Crippen molar-refractivity contribution in [2.75, 3.05) is 38.8 Å². The molecule has 0 amide bonds. The van der Waals surface area contributed by atoms with E-state index in [2.05, 4.69) is 29.3 Å². The van der Waals surface area contributed by atoms with Gasteiger partial charge in [-0.05, 0) is 32.7 Å². The average molecular weight is 266 g/mol. The van der Waals surface area contributed by atoms with Gasteiger partial charge in [0.15, 0.2) is 0 Å². The summed E-state index contributed by atoms with van der Waals surface area (Å²) in [7, 11) is 6.16. The van der Waals surface area contributed by atoms with E-state index in [1.165, 1.54) is 24.2 Å². The Labute approximate surface area is 115 Å². The second-order valence-corrected chi connectivity index (χ2v) is 5.51. The summed E-state index contributed by atoms with van der Waals surface area (Å²) >= 11 is 0. The van der Waals surface area contributed by atoms with Crippen LogP contribution in [0.5, 0.6) is 0 Å². The van der Waals surface area contributed by atoms with Crippen LogP contribution in [0.25, 0.3) is 0 Å². The highest BCUT2D eigenvalue weighted by molar-refractivity contribution is 5.49. The van der Waals surface area contributed by atoms with E-state index >= 15 is 0 Å². The van der Waals surface area contributed by atoms with Crippen molar-refractivity contribution in [2.24, 2.45) is 13.0 Å². The molecule has 1 aromatic heterocycles. The first-order valence-electron chi connectivity index (χ1n) is 7.09. The topological polar surface area (TPSA) is 42.3 Å². The summed E-state index contributed by atoms with van der Waals surface area (Å²) in [5.74, 6) is 1.86. The second-order valence-electron chi connectivity index (χ2n) is 5.51. The lowest BCUT2D eigenvalue weighted by Gasteiger charge is -2.29. The van der Waals surface area contributed by atoms with Crippen molar-refractivity contribution in [3.63, 3.8) is 0 Å². The van der Waals surface area contributed by atoms with Gasteiger partial charge in [0.05, 0.1) is 12.3 Å². The smallest absolute Gasteiger partial charge is 0.131 e. The summed E-state index contributed by atoms with van der Waals surface area (Å²) in [5, 5.41) is 7.78. The zero-order valence-corrected chi connectivity index (χ0v) is 12.6. The molecule has 1 aliphatic heterocycles. The van der Waals surface area contributed by atoms with Crippen molar-refractivity contribution in [2.45, 2.75) is 26.3 Å². The Bertz CT molecular complexity index is 410. The Kier molecular flexibility index (Phi) is 4.82. The van der Waals surface area contributed by atoms with Crippen molar-refractivity contribution in [3.8, 4) is 0 Å². The monoisotopic (exact) mass is 266 g/mol. The van der Waals surface area contributed by atoms with Crippen LogP contribution in [0.15, 0.2) is 0 Å². The number of aryl methyl sites for hydroxylation is 2. The summed E-state index contributed by atoms with van der Waals surface area (Å²) in [6, 6.07) is 0. The average Bonchev–Trinajstić information content (AvgIpc) is 2.66. The van der Waals surface area contributed by atoms with Gasteiger partial charge in [0.25, 0.3) is 0 Å². The maximum Gasteiger partial charge on any atom is 0.131 e. The molecule has 0 bridgehead atoms. The van der Waals surface area contributed by atoms with Crippen LogP contribution in [0.1, 0.15) is 24.1 Å². The van der Waals surface area contributed by atoms with Crippen molar-refractivity contribution in [1.82, 2.24) is 15.1 Å². The number of hydrogen-bond donors (Lipinski definition) is 1. The van der Waals surface area contributed by atoms with Gasteiger partial charge in [0.2, 0.25) is 0 Å². The van der Waals surface area contributed by atoms with Crippen LogP contribution in [0, 0.1) is 12.8 Å². The third-order valence-electron chi connectivity index (χ3n) is 3.81. The molecule has 1 saturated heterocycles. The quantitative estimate of drug-likeness (QED) is 0.872.